The first-order valence-corrected chi connectivity index (χ1v) is 10.0. The highest BCUT2D eigenvalue weighted by Crippen LogP contribution is 2.31. The van der Waals surface area contributed by atoms with E-state index in [9.17, 15) is 4.79 Å². The number of thioether (sulfide) groups is 1. The summed E-state index contributed by atoms with van der Waals surface area (Å²) in [4.78, 5) is 12.5. The maximum absolute atomic E-state index is 12.5. The monoisotopic (exact) mass is 400 g/mol. The smallest absolute Gasteiger partial charge is 0.237 e. The fraction of sp³-hybridized carbons (Fsp3) is 0.211. The van der Waals surface area contributed by atoms with E-state index in [4.69, 9.17) is 4.74 Å². The molecule has 1 atom stereocenters. The molecule has 27 heavy (non-hydrogen) atoms. The van der Waals surface area contributed by atoms with Gasteiger partial charge in [0, 0.05) is 5.69 Å². The van der Waals surface area contributed by atoms with Crippen LogP contribution in [0.25, 0.3) is 0 Å². The molecule has 1 aromatic heterocycles. The Labute approximate surface area is 166 Å². The van der Waals surface area contributed by atoms with Crippen molar-refractivity contribution in [3.05, 3.63) is 54.1 Å². The van der Waals surface area contributed by atoms with Gasteiger partial charge in [0.1, 0.15) is 5.75 Å². The van der Waals surface area contributed by atoms with Crippen LogP contribution in [0.2, 0.25) is 0 Å². The maximum atomic E-state index is 12.5. The number of aromatic nitrogens is 2. The number of ether oxygens (including phenoxy) is 1. The standard InChI is InChI=1S/C19H20N4O2S2/c1-12-7-6-8-14(11-12)20-18-22-23-19(27-18)26-13(2)17(24)21-15-9-4-5-10-16(15)25-3/h4-11,13H,1-3H3,(H,20,22)(H,21,24)/t13-/m0/s1. The van der Waals surface area contributed by atoms with Crippen LogP contribution < -0.4 is 15.4 Å². The van der Waals surface area contributed by atoms with Gasteiger partial charge in [0.15, 0.2) is 4.34 Å². The Morgan fingerprint density at radius 1 is 1.19 bits per heavy atom. The van der Waals surface area contributed by atoms with Crippen LogP contribution >= 0.6 is 23.1 Å². The number of aryl methyl sites for hydroxylation is 1. The number of benzene rings is 2. The van der Waals surface area contributed by atoms with Crippen LogP contribution in [0.3, 0.4) is 0 Å². The van der Waals surface area contributed by atoms with Gasteiger partial charge in [-0.2, -0.15) is 0 Å². The third-order valence-corrected chi connectivity index (χ3v) is 5.71. The van der Waals surface area contributed by atoms with E-state index in [-0.39, 0.29) is 11.2 Å². The number of nitrogens with zero attached hydrogens (tertiary/aromatic N) is 2. The van der Waals surface area contributed by atoms with Crippen LogP contribution in [-0.4, -0.2) is 28.5 Å². The van der Waals surface area contributed by atoms with Crippen molar-refractivity contribution >= 4 is 45.5 Å². The van der Waals surface area contributed by atoms with Gasteiger partial charge in [-0.3, -0.25) is 4.79 Å². The number of hydrogen-bond donors (Lipinski definition) is 2. The molecule has 0 bridgehead atoms. The van der Waals surface area contributed by atoms with E-state index in [1.54, 1.807) is 13.2 Å². The summed E-state index contributed by atoms with van der Waals surface area (Å²) in [5.74, 6) is 0.511. The fourth-order valence-corrected chi connectivity index (χ4v) is 4.26. The second-order valence-electron chi connectivity index (χ2n) is 5.82. The quantitative estimate of drug-likeness (QED) is 0.559. The Bertz CT molecular complexity index is 929. The molecule has 8 heteroatoms. The van der Waals surface area contributed by atoms with Crippen molar-refractivity contribution in [3.63, 3.8) is 0 Å². The van der Waals surface area contributed by atoms with Crippen molar-refractivity contribution in [1.82, 2.24) is 10.2 Å². The van der Waals surface area contributed by atoms with Crippen molar-refractivity contribution in [3.8, 4) is 5.75 Å². The number of hydrogen-bond acceptors (Lipinski definition) is 7. The second-order valence-corrected chi connectivity index (χ2v) is 8.38. The zero-order valence-corrected chi connectivity index (χ0v) is 16.9. The molecule has 0 radical (unpaired) electrons. The van der Waals surface area contributed by atoms with Crippen molar-refractivity contribution in [2.75, 3.05) is 17.7 Å². The van der Waals surface area contributed by atoms with Gasteiger partial charge in [-0.05, 0) is 43.7 Å². The lowest BCUT2D eigenvalue weighted by atomic mass is 10.2. The Kier molecular flexibility index (Phi) is 6.31. The molecule has 140 valence electrons. The van der Waals surface area contributed by atoms with Gasteiger partial charge >= 0.3 is 0 Å². The average molecular weight is 401 g/mol. The first kappa shape index (κ1) is 19.2. The molecule has 1 heterocycles. The van der Waals surface area contributed by atoms with E-state index in [0.29, 0.717) is 16.6 Å². The van der Waals surface area contributed by atoms with Crippen LogP contribution in [0.5, 0.6) is 5.75 Å². The predicted molar refractivity (Wildman–Crippen MR) is 111 cm³/mol. The molecule has 0 aliphatic rings. The molecule has 0 aliphatic heterocycles. The van der Waals surface area contributed by atoms with Gasteiger partial charge < -0.3 is 15.4 Å². The topological polar surface area (TPSA) is 76.1 Å². The van der Waals surface area contributed by atoms with Gasteiger partial charge in [-0.1, -0.05) is 47.4 Å². The molecule has 0 saturated carbocycles. The van der Waals surface area contributed by atoms with E-state index in [1.165, 1.54) is 28.7 Å². The molecule has 6 nitrogen and oxygen atoms in total. The fourth-order valence-electron chi connectivity index (χ4n) is 2.34. The normalized spacial score (nSPS) is 11.7. The molecule has 0 aliphatic carbocycles. The molecule has 0 fully saturated rings. The van der Waals surface area contributed by atoms with Gasteiger partial charge in [-0.15, -0.1) is 10.2 Å². The number of carbonyl (C=O) groups is 1. The predicted octanol–water partition coefficient (Wildman–Crippen LogP) is 4.72. The minimum Gasteiger partial charge on any atom is -0.495 e. The zero-order valence-electron chi connectivity index (χ0n) is 15.2. The van der Waals surface area contributed by atoms with Gasteiger partial charge in [0.2, 0.25) is 11.0 Å². The van der Waals surface area contributed by atoms with Gasteiger partial charge in [0.05, 0.1) is 18.0 Å². The van der Waals surface area contributed by atoms with Crippen LogP contribution in [0.15, 0.2) is 52.9 Å². The molecule has 1 amide bonds. The Balaban J connectivity index is 1.60. The summed E-state index contributed by atoms with van der Waals surface area (Å²) in [7, 11) is 1.58. The van der Waals surface area contributed by atoms with Gasteiger partial charge in [-0.25, -0.2) is 0 Å². The zero-order chi connectivity index (χ0) is 19.2. The summed E-state index contributed by atoms with van der Waals surface area (Å²) in [6, 6.07) is 15.4. The number of nitrogens with one attached hydrogen (secondary N) is 2. The van der Waals surface area contributed by atoms with E-state index in [2.05, 4.69) is 20.8 Å². The number of anilines is 3. The van der Waals surface area contributed by atoms with Crippen molar-refractivity contribution in [2.24, 2.45) is 0 Å². The number of amides is 1. The van der Waals surface area contributed by atoms with E-state index < -0.39 is 0 Å². The minimum atomic E-state index is -0.324. The summed E-state index contributed by atoms with van der Waals surface area (Å²) < 4.78 is 5.99. The lowest BCUT2D eigenvalue weighted by molar-refractivity contribution is -0.115. The van der Waals surface area contributed by atoms with Crippen LogP contribution in [0.1, 0.15) is 12.5 Å². The first-order valence-electron chi connectivity index (χ1n) is 8.33. The summed E-state index contributed by atoms with van der Waals surface area (Å²) in [5.41, 5.74) is 2.78. The molecule has 0 spiro atoms. The second kappa shape index (κ2) is 8.88. The average Bonchev–Trinajstić information content (AvgIpc) is 3.09. The Morgan fingerprint density at radius 3 is 2.78 bits per heavy atom. The first-order chi connectivity index (χ1) is 13.0. The number of carbonyl (C=O) groups excluding carboxylic acids is 1. The van der Waals surface area contributed by atoms with E-state index in [1.807, 2.05) is 56.3 Å². The Morgan fingerprint density at radius 2 is 2.00 bits per heavy atom. The minimum absolute atomic E-state index is 0.118. The molecule has 2 aromatic carbocycles. The number of methoxy groups -OCH3 is 1. The lowest BCUT2D eigenvalue weighted by Crippen LogP contribution is -2.22. The highest BCUT2D eigenvalue weighted by atomic mass is 32.2. The summed E-state index contributed by atoms with van der Waals surface area (Å²) >= 11 is 2.79. The van der Waals surface area contributed by atoms with E-state index >= 15 is 0 Å². The molecule has 2 N–H and O–H groups in total. The largest absolute Gasteiger partial charge is 0.495 e. The van der Waals surface area contributed by atoms with Crippen LogP contribution in [-0.2, 0) is 4.79 Å². The molecule has 0 saturated heterocycles. The van der Waals surface area contributed by atoms with Gasteiger partial charge in [0.25, 0.3) is 0 Å². The van der Waals surface area contributed by atoms with Crippen molar-refractivity contribution < 1.29 is 9.53 Å². The van der Waals surface area contributed by atoms with Crippen LogP contribution in [0.4, 0.5) is 16.5 Å². The number of rotatable bonds is 7. The highest BCUT2D eigenvalue weighted by molar-refractivity contribution is 8.02. The third-order valence-electron chi connectivity index (χ3n) is 3.69. The molecular weight excluding hydrogens is 380 g/mol. The summed E-state index contributed by atoms with van der Waals surface area (Å²) in [6.07, 6.45) is 0. The Hall–Kier alpha value is -2.58. The maximum Gasteiger partial charge on any atom is 0.237 e. The molecule has 3 aromatic rings. The molecular formula is C19H20N4O2S2. The van der Waals surface area contributed by atoms with Crippen LogP contribution in [0, 0.1) is 6.92 Å². The van der Waals surface area contributed by atoms with Crippen molar-refractivity contribution in [1.29, 1.82) is 0 Å². The summed E-state index contributed by atoms with van der Waals surface area (Å²) in [5, 5.41) is 14.8. The van der Waals surface area contributed by atoms with E-state index in [0.717, 1.165) is 10.0 Å². The lowest BCUT2D eigenvalue weighted by Gasteiger charge is -2.12. The number of para-hydroxylation sites is 2. The summed E-state index contributed by atoms with van der Waals surface area (Å²) in [6.45, 7) is 3.87. The molecule has 0 unspecified atom stereocenters. The molecule has 3 rings (SSSR count). The van der Waals surface area contributed by atoms with Crippen molar-refractivity contribution in [2.45, 2.75) is 23.4 Å². The highest BCUT2D eigenvalue weighted by Gasteiger charge is 2.18. The SMILES string of the molecule is COc1ccccc1NC(=O)[C@H](C)Sc1nnc(Nc2cccc(C)c2)s1. The third kappa shape index (κ3) is 5.21.